The topological polar surface area (TPSA) is 74.9 Å². The van der Waals surface area contributed by atoms with Crippen LogP contribution in [0, 0.1) is 0 Å². The molecule has 0 radical (unpaired) electrons. The maximum atomic E-state index is 5.30. The maximum absolute atomic E-state index is 5.30. The van der Waals surface area contributed by atoms with Gasteiger partial charge in [-0.25, -0.2) is 4.98 Å². The van der Waals surface area contributed by atoms with Crippen molar-refractivity contribution < 1.29 is 4.74 Å². The number of methoxy groups -OCH3 is 1. The van der Waals surface area contributed by atoms with Gasteiger partial charge in [0.25, 0.3) is 0 Å². The Kier molecular flexibility index (Phi) is 4.87. The minimum atomic E-state index is 0.437. The Morgan fingerprint density at radius 3 is 2.79 bits per heavy atom. The average Bonchev–Trinajstić information content (AvgIpc) is 3.18. The Labute approximate surface area is 169 Å². The predicted molar refractivity (Wildman–Crippen MR) is 117 cm³/mol. The minimum absolute atomic E-state index is 0.437. The normalized spacial score (nSPS) is 15.2. The summed E-state index contributed by atoms with van der Waals surface area (Å²) in [6.07, 6.45) is 2.21. The van der Waals surface area contributed by atoms with E-state index in [1.165, 1.54) is 0 Å². The molecule has 1 fully saturated rings. The van der Waals surface area contributed by atoms with E-state index in [0.29, 0.717) is 12.6 Å². The summed E-state index contributed by atoms with van der Waals surface area (Å²) in [5, 5.41) is 18.2. The number of aromatic amines is 1. The van der Waals surface area contributed by atoms with Crippen molar-refractivity contribution in [2.45, 2.75) is 25.5 Å². The van der Waals surface area contributed by atoms with E-state index in [4.69, 9.17) is 9.72 Å². The fourth-order valence-electron chi connectivity index (χ4n) is 4.10. The molecule has 3 heterocycles. The third kappa shape index (κ3) is 3.57. The molecule has 148 valence electrons. The zero-order valence-electron chi connectivity index (χ0n) is 16.5. The van der Waals surface area contributed by atoms with Crippen LogP contribution in [-0.4, -0.2) is 41.4 Å². The lowest BCUT2D eigenvalue weighted by molar-refractivity contribution is 0.185. The summed E-state index contributed by atoms with van der Waals surface area (Å²) < 4.78 is 5.30. The van der Waals surface area contributed by atoms with Crippen molar-refractivity contribution in [1.82, 2.24) is 20.5 Å². The van der Waals surface area contributed by atoms with E-state index >= 15 is 0 Å². The smallest absolute Gasteiger partial charge is 0.134 e. The van der Waals surface area contributed by atoms with Crippen LogP contribution in [0.3, 0.4) is 0 Å². The zero-order valence-corrected chi connectivity index (χ0v) is 16.5. The van der Waals surface area contributed by atoms with Crippen molar-refractivity contribution in [3.63, 3.8) is 0 Å². The number of ether oxygens (including phenoxy) is 1. The Bertz CT molecular complexity index is 1150. The SMILES string of the molecule is COCc1ccc2[nH]nc(-c3cc4ccccc4c(NC4CCNCC4)n3)c2c1. The predicted octanol–water partition coefficient (Wildman–Crippen LogP) is 4.09. The van der Waals surface area contributed by atoms with Crippen LogP contribution in [0.15, 0.2) is 48.5 Å². The number of hydrogen-bond acceptors (Lipinski definition) is 5. The molecule has 0 unspecified atom stereocenters. The number of rotatable bonds is 5. The summed E-state index contributed by atoms with van der Waals surface area (Å²) >= 11 is 0. The Hall–Kier alpha value is -2.96. The highest BCUT2D eigenvalue weighted by Gasteiger charge is 2.17. The largest absolute Gasteiger partial charge is 0.380 e. The second-order valence-corrected chi connectivity index (χ2v) is 7.63. The molecule has 0 aliphatic carbocycles. The highest BCUT2D eigenvalue weighted by atomic mass is 16.5. The third-order valence-electron chi connectivity index (χ3n) is 5.60. The molecule has 0 atom stereocenters. The van der Waals surface area contributed by atoms with E-state index in [2.05, 4.69) is 69.4 Å². The molecule has 6 heteroatoms. The molecular formula is C23H25N5O. The number of hydrogen-bond donors (Lipinski definition) is 3. The van der Waals surface area contributed by atoms with Crippen molar-refractivity contribution in [3.05, 3.63) is 54.1 Å². The molecule has 4 aromatic rings. The van der Waals surface area contributed by atoms with E-state index < -0.39 is 0 Å². The number of pyridine rings is 1. The molecule has 3 N–H and O–H groups in total. The highest BCUT2D eigenvalue weighted by Crippen LogP contribution is 2.32. The second-order valence-electron chi connectivity index (χ2n) is 7.63. The monoisotopic (exact) mass is 387 g/mol. The molecule has 0 amide bonds. The van der Waals surface area contributed by atoms with Gasteiger partial charge in [0.05, 0.1) is 17.8 Å². The second kappa shape index (κ2) is 7.81. The van der Waals surface area contributed by atoms with Gasteiger partial charge in [-0.2, -0.15) is 5.10 Å². The summed E-state index contributed by atoms with van der Waals surface area (Å²) in [5.41, 5.74) is 3.87. The van der Waals surface area contributed by atoms with Crippen molar-refractivity contribution >= 4 is 27.5 Å². The van der Waals surface area contributed by atoms with Gasteiger partial charge in [-0.1, -0.05) is 30.3 Å². The molecule has 0 saturated carbocycles. The van der Waals surface area contributed by atoms with E-state index in [1.807, 2.05) is 0 Å². The van der Waals surface area contributed by atoms with Crippen LogP contribution in [0.25, 0.3) is 33.1 Å². The molecule has 0 bridgehead atoms. The summed E-state index contributed by atoms with van der Waals surface area (Å²) in [6.45, 7) is 2.66. The van der Waals surface area contributed by atoms with E-state index in [-0.39, 0.29) is 0 Å². The van der Waals surface area contributed by atoms with Gasteiger partial charge >= 0.3 is 0 Å². The molecule has 1 aliphatic rings. The number of H-pyrrole nitrogens is 1. The number of aromatic nitrogens is 3. The van der Waals surface area contributed by atoms with Crippen molar-refractivity contribution in [2.24, 2.45) is 0 Å². The van der Waals surface area contributed by atoms with E-state index in [1.54, 1.807) is 7.11 Å². The summed E-state index contributed by atoms with van der Waals surface area (Å²) in [6, 6.07) is 17.2. The van der Waals surface area contributed by atoms with Gasteiger partial charge in [-0.3, -0.25) is 5.10 Å². The molecule has 29 heavy (non-hydrogen) atoms. The molecule has 1 aliphatic heterocycles. The number of nitrogens with zero attached hydrogens (tertiary/aromatic N) is 2. The minimum Gasteiger partial charge on any atom is -0.380 e. The fourth-order valence-corrected chi connectivity index (χ4v) is 4.10. The first kappa shape index (κ1) is 18.1. The molecule has 0 spiro atoms. The molecule has 2 aromatic carbocycles. The number of anilines is 1. The summed E-state index contributed by atoms with van der Waals surface area (Å²) in [7, 11) is 1.71. The van der Waals surface area contributed by atoms with Gasteiger partial charge in [-0.05, 0) is 55.1 Å². The lowest BCUT2D eigenvalue weighted by atomic mass is 10.0. The Morgan fingerprint density at radius 2 is 1.93 bits per heavy atom. The molecular weight excluding hydrogens is 362 g/mol. The number of benzene rings is 2. The van der Waals surface area contributed by atoms with Crippen LogP contribution in [0.1, 0.15) is 18.4 Å². The highest BCUT2D eigenvalue weighted by molar-refractivity contribution is 5.98. The van der Waals surface area contributed by atoms with Gasteiger partial charge in [-0.15, -0.1) is 0 Å². The van der Waals surface area contributed by atoms with Crippen LogP contribution in [-0.2, 0) is 11.3 Å². The van der Waals surface area contributed by atoms with Crippen LogP contribution in [0.2, 0.25) is 0 Å². The standard InChI is InChI=1S/C23H25N5O/c1-29-14-15-6-7-20-19(12-15)22(28-27-20)21-13-16-4-2-3-5-18(16)23(26-21)25-17-8-10-24-11-9-17/h2-7,12-13,17,24H,8-11,14H2,1H3,(H,25,26)(H,27,28). The van der Waals surface area contributed by atoms with Crippen LogP contribution in [0.5, 0.6) is 0 Å². The lowest BCUT2D eigenvalue weighted by Gasteiger charge is -2.25. The van der Waals surface area contributed by atoms with Gasteiger partial charge in [0.2, 0.25) is 0 Å². The molecule has 5 rings (SSSR count). The number of piperidine rings is 1. The first-order valence-corrected chi connectivity index (χ1v) is 10.1. The van der Waals surface area contributed by atoms with Crippen LogP contribution < -0.4 is 10.6 Å². The van der Waals surface area contributed by atoms with Gasteiger partial charge in [0.15, 0.2) is 0 Å². The van der Waals surface area contributed by atoms with E-state index in [9.17, 15) is 0 Å². The molecule has 1 saturated heterocycles. The van der Waals surface area contributed by atoms with Gasteiger partial charge < -0.3 is 15.4 Å². The van der Waals surface area contributed by atoms with Crippen LogP contribution in [0.4, 0.5) is 5.82 Å². The first-order valence-electron chi connectivity index (χ1n) is 10.1. The number of fused-ring (bicyclic) bond motifs is 2. The van der Waals surface area contributed by atoms with Gasteiger partial charge in [0.1, 0.15) is 11.5 Å². The average molecular weight is 387 g/mol. The van der Waals surface area contributed by atoms with Crippen LogP contribution >= 0.6 is 0 Å². The maximum Gasteiger partial charge on any atom is 0.134 e. The quantitative estimate of drug-likeness (QED) is 0.481. The lowest BCUT2D eigenvalue weighted by Crippen LogP contribution is -2.35. The molecule has 2 aromatic heterocycles. The zero-order chi connectivity index (χ0) is 19.6. The van der Waals surface area contributed by atoms with E-state index in [0.717, 1.165) is 70.4 Å². The number of nitrogens with one attached hydrogen (secondary N) is 3. The summed E-state index contributed by atoms with van der Waals surface area (Å²) in [5.74, 6) is 0.939. The van der Waals surface area contributed by atoms with Crippen molar-refractivity contribution in [1.29, 1.82) is 0 Å². The Morgan fingerprint density at radius 1 is 1.07 bits per heavy atom. The third-order valence-corrected chi connectivity index (χ3v) is 5.60. The fraction of sp³-hybridized carbons (Fsp3) is 0.304. The first-order chi connectivity index (χ1) is 14.3. The Balaban J connectivity index is 1.61. The van der Waals surface area contributed by atoms with Gasteiger partial charge in [0, 0.05) is 23.9 Å². The summed E-state index contributed by atoms with van der Waals surface area (Å²) in [4.78, 5) is 5.02. The van der Waals surface area contributed by atoms with Crippen molar-refractivity contribution in [2.75, 3.05) is 25.5 Å². The van der Waals surface area contributed by atoms with Crippen molar-refractivity contribution in [3.8, 4) is 11.4 Å². The molecule has 6 nitrogen and oxygen atoms in total.